The molecule has 1 unspecified atom stereocenters. The van der Waals surface area contributed by atoms with Gasteiger partial charge in [0.2, 0.25) is 0 Å². The van der Waals surface area contributed by atoms with Crippen LogP contribution in [-0.4, -0.2) is 50.3 Å². The Morgan fingerprint density at radius 2 is 1.48 bits per heavy atom. The van der Waals surface area contributed by atoms with Crippen molar-refractivity contribution in [2.24, 2.45) is 0 Å². The SMILES string of the molecule is CCCCCCCCCCCCCCOCC(CN1CCc2ccccc2C1)OS(=O)(=O)O. The standard InChI is InChI=1S/C26H45NO5S/c1-2-3-4-5-6-7-8-9-10-11-12-15-20-31-23-26(32-33(28,29)30)22-27-19-18-24-16-13-14-17-25(24)21-27/h13-14,16-17,26H,2-12,15,18-23H2,1H3,(H,28,29,30). The van der Waals surface area contributed by atoms with E-state index in [1.807, 2.05) is 12.1 Å². The monoisotopic (exact) mass is 483 g/mol. The van der Waals surface area contributed by atoms with E-state index in [-0.39, 0.29) is 6.61 Å². The number of ether oxygens (including phenoxy) is 1. The first-order valence-electron chi connectivity index (χ1n) is 13.0. The summed E-state index contributed by atoms with van der Waals surface area (Å²) >= 11 is 0. The molecular formula is C26H45NO5S. The van der Waals surface area contributed by atoms with Gasteiger partial charge in [-0.3, -0.25) is 9.45 Å². The third-order valence-electron chi connectivity index (χ3n) is 6.38. The molecular weight excluding hydrogens is 438 g/mol. The summed E-state index contributed by atoms with van der Waals surface area (Å²) in [6, 6.07) is 8.30. The zero-order valence-electron chi connectivity index (χ0n) is 20.6. The van der Waals surface area contributed by atoms with Gasteiger partial charge < -0.3 is 4.74 Å². The maximum Gasteiger partial charge on any atom is 0.397 e. The molecule has 0 amide bonds. The van der Waals surface area contributed by atoms with Crippen molar-refractivity contribution in [3.8, 4) is 0 Å². The molecule has 0 bridgehead atoms. The summed E-state index contributed by atoms with van der Waals surface area (Å²) in [5, 5.41) is 0. The molecule has 0 aromatic heterocycles. The molecule has 1 aliphatic rings. The van der Waals surface area contributed by atoms with Crippen molar-refractivity contribution in [2.45, 2.75) is 103 Å². The highest BCUT2D eigenvalue weighted by molar-refractivity contribution is 7.80. The van der Waals surface area contributed by atoms with Crippen LogP contribution in [0.3, 0.4) is 0 Å². The zero-order chi connectivity index (χ0) is 23.8. The van der Waals surface area contributed by atoms with Gasteiger partial charge in [-0.15, -0.1) is 0 Å². The first-order valence-corrected chi connectivity index (χ1v) is 14.4. The Morgan fingerprint density at radius 1 is 0.909 bits per heavy atom. The maximum absolute atomic E-state index is 11.3. The van der Waals surface area contributed by atoms with E-state index in [1.54, 1.807) is 0 Å². The Morgan fingerprint density at radius 3 is 2.09 bits per heavy atom. The fraction of sp³-hybridized carbons (Fsp3) is 0.769. The molecule has 0 fully saturated rings. The van der Waals surface area contributed by atoms with Gasteiger partial charge in [-0.1, -0.05) is 102 Å². The lowest BCUT2D eigenvalue weighted by Gasteiger charge is -2.31. The van der Waals surface area contributed by atoms with E-state index in [0.29, 0.717) is 13.2 Å². The van der Waals surface area contributed by atoms with Crippen LogP contribution in [0.2, 0.25) is 0 Å². The number of unbranched alkanes of at least 4 members (excludes halogenated alkanes) is 11. The summed E-state index contributed by atoms with van der Waals surface area (Å²) < 4.78 is 42.4. The zero-order valence-corrected chi connectivity index (χ0v) is 21.4. The van der Waals surface area contributed by atoms with Gasteiger partial charge in [0.15, 0.2) is 0 Å². The summed E-state index contributed by atoms with van der Waals surface area (Å²) in [4.78, 5) is 2.16. The highest BCUT2D eigenvalue weighted by atomic mass is 32.3. The second-order valence-electron chi connectivity index (χ2n) is 9.36. The van der Waals surface area contributed by atoms with E-state index in [4.69, 9.17) is 13.5 Å². The summed E-state index contributed by atoms with van der Waals surface area (Å²) in [5.74, 6) is 0. The molecule has 1 aromatic carbocycles. The number of benzene rings is 1. The molecule has 6 nitrogen and oxygen atoms in total. The van der Waals surface area contributed by atoms with E-state index in [2.05, 4.69) is 24.0 Å². The fourth-order valence-electron chi connectivity index (χ4n) is 4.54. The number of hydrogen-bond acceptors (Lipinski definition) is 5. The molecule has 0 radical (unpaired) electrons. The third-order valence-corrected chi connectivity index (χ3v) is 6.89. The molecule has 2 rings (SSSR count). The fourth-order valence-corrected chi connectivity index (χ4v) is 5.00. The average Bonchev–Trinajstić information content (AvgIpc) is 2.78. The number of nitrogens with zero attached hydrogens (tertiary/aromatic N) is 1. The first kappa shape index (κ1) is 28.2. The third kappa shape index (κ3) is 13.5. The average molecular weight is 484 g/mol. The summed E-state index contributed by atoms with van der Waals surface area (Å²) in [6.45, 7) is 5.00. The molecule has 1 aromatic rings. The lowest BCUT2D eigenvalue weighted by atomic mass is 10.00. The van der Waals surface area contributed by atoms with Gasteiger partial charge in [0.1, 0.15) is 6.10 Å². The first-order chi connectivity index (χ1) is 16.0. The van der Waals surface area contributed by atoms with Gasteiger partial charge in [0.25, 0.3) is 0 Å². The van der Waals surface area contributed by atoms with Crippen LogP contribution in [0.15, 0.2) is 24.3 Å². The Kier molecular flexibility index (Phi) is 14.2. The largest absolute Gasteiger partial charge is 0.397 e. The van der Waals surface area contributed by atoms with Crippen LogP contribution < -0.4 is 0 Å². The Balaban J connectivity index is 1.55. The minimum Gasteiger partial charge on any atom is -0.379 e. The van der Waals surface area contributed by atoms with E-state index < -0.39 is 16.5 Å². The van der Waals surface area contributed by atoms with Crippen molar-refractivity contribution >= 4 is 10.4 Å². The molecule has 1 N–H and O–H groups in total. The van der Waals surface area contributed by atoms with Crippen molar-refractivity contribution in [3.63, 3.8) is 0 Å². The van der Waals surface area contributed by atoms with E-state index in [0.717, 1.165) is 32.4 Å². The Hall–Kier alpha value is -0.990. The number of hydrogen-bond donors (Lipinski definition) is 1. The summed E-state index contributed by atoms with van der Waals surface area (Å²) in [7, 11) is -4.51. The van der Waals surface area contributed by atoms with Crippen molar-refractivity contribution in [3.05, 3.63) is 35.4 Å². The number of fused-ring (bicyclic) bond motifs is 1. The van der Waals surface area contributed by atoms with Gasteiger partial charge in [0.05, 0.1) is 6.61 Å². The molecule has 0 saturated heterocycles. The smallest absolute Gasteiger partial charge is 0.379 e. The summed E-state index contributed by atoms with van der Waals surface area (Å²) in [6.07, 6.45) is 15.7. The molecule has 0 aliphatic carbocycles. The molecule has 0 spiro atoms. The highest BCUT2D eigenvalue weighted by Gasteiger charge is 2.23. The maximum atomic E-state index is 11.3. The van der Waals surface area contributed by atoms with Crippen molar-refractivity contribution in [1.29, 1.82) is 0 Å². The minimum atomic E-state index is -4.51. The van der Waals surface area contributed by atoms with Crippen LogP contribution in [0, 0.1) is 0 Å². The normalized spacial score (nSPS) is 15.5. The van der Waals surface area contributed by atoms with Crippen LogP contribution in [0.1, 0.15) is 95.1 Å². The van der Waals surface area contributed by atoms with E-state index in [1.165, 1.54) is 75.3 Å². The molecule has 1 atom stereocenters. The van der Waals surface area contributed by atoms with Gasteiger partial charge in [-0.25, -0.2) is 4.18 Å². The quantitative estimate of drug-likeness (QED) is 0.194. The molecule has 0 saturated carbocycles. The molecule has 7 heteroatoms. The lowest BCUT2D eigenvalue weighted by molar-refractivity contribution is 0.0240. The van der Waals surface area contributed by atoms with Crippen LogP contribution in [0.25, 0.3) is 0 Å². The van der Waals surface area contributed by atoms with Crippen LogP contribution >= 0.6 is 0 Å². The second-order valence-corrected chi connectivity index (χ2v) is 10.4. The number of rotatable bonds is 19. The van der Waals surface area contributed by atoms with Crippen LogP contribution in [-0.2, 0) is 32.3 Å². The Labute approximate surface area is 202 Å². The Bertz CT molecular complexity index is 740. The lowest BCUT2D eigenvalue weighted by Crippen LogP contribution is -2.40. The predicted octanol–water partition coefficient (Wildman–Crippen LogP) is 5.95. The van der Waals surface area contributed by atoms with Crippen LogP contribution in [0.5, 0.6) is 0 Å². The van der Waals surface area contributed by atoms with Crippen LogP contribution in [0.4, 0.5) is 0 Å². The van der Waals surface area contributed by atoms with Gasteiger partial charge in [0, 0.05) is 26.2 Å². The second kappa shape index (κ2) is 16.6. The summed E-state index contributed by atoms with van der Waals surface area (Å²) in [5.41, 5.74) is 2.59. The molecule has 1 heterocycles. The van der Waals surface area contributed by atoms with Crippen molar-refractivity contribution < 1.29 is 21.9 Å². The highest BCUT2D eigenvalue weighted by Crippen LogP contribution is 2.19. The minimum absolute atomic E-state index is 0.163. The van der Waals surface area contributed by atoms with Crippen molar-refractivity contribution in [1.82, 2.24) is 4.90 Å². The predicted molar refractivity (Wildman–Crippen MR) is 134 cm³/mol. The van der Waals surface area contributed by atoms with Gasteiger partial charge >= 0.3 is 10.4 Å². The molecule has 190 valence electrons. The molecule has 33 heavy (non-hydrogen) atoms. The van der Waals surface area contributed by atoms with Gasteiger partial charge in [-0.05, 0) is 24.0 Å². The van der Waals surface area contributed by atoms with Gasteiger partial charge in [-0.2, -0.15) is 8.42 Å². The topological polar surface area (TPSA) is 76.1 Å². The van der Waals surface area contributed by atoms with Crippen molar-refractivity contribution in [2.75, 3.05) is 26.3 Å². The van der Waals surface area contributed by atoms with E-state index in [9.17, 15) is 8.42 Å². The molecule has 1 aliphatic heterocycles. The van der Waals surface area contributed by atoms with E-state index >= 15 is 0 Å².